The minimum Gasteiger partial charge on any atom is -0.393 e. The Labute approximate surface area is 129 Å². The highest BCUT2D eigenvalue weighted by Crippen LogP contribution is 2.37. The first-order valence-electron chi connectivity index (χ1n) is 7.42. The maximum Gasteiger partial charge on any atom is 0.0994 e. The van der Waals surface area contributed by atoms with Crippen LogP contribution in [-0.2, 0) is 6.42 Å². The van der Waals surface area contributed by atoms with Gasteiger partial charge < -0.3 is 5.11 Å². The molecule has 2 nitrogen and oxygen atoms in total. The molecule has 1 radical (unpaired) electrons. The van der Waals surface area contributed by atoms with Gasteiger partial charge in [-0.2, -0.15) is 5.26 Å². The van der Waals surface area contributed by atoms with Crippen LogP contribution < -0.4 is 0 Å². The molecule has 1 heterocycles. The average Bonchev–Trinajstić information content (AvgIpc) is 3.01. The summed E-state index contributed by atoms with van der Waals surface area (Å²) >= 11 is 1.74. The third kappa shape index (κ3) is 3.18. The molecule has 1 fully saturated rings. The molecule has 3 rings (SSSR count). The van der Waals surface area contributed by atoms with E-state index < -0.39 is 0 Å². The lowest BCUT2D eigenvalue weighted by Crippen LogP contribution is -2.18. The molecule has 3 heteroatoms. The summed E-state index contributed by atoms with van der Waals surface area (Å²) in [5.41, 5.74) is 3.10. The standard InChI is InChI=1S/C18H18NOS/c19-12-15-4-1-3-14(11-17-5-2-10-21-17)18(15)13-6-8-16(20)9-7-13/h1-2,4-5,10,13,16,20H,6-9,11H2. The second-order valence-electron chi connectivity index (χ2n) is 5.66. The van der Waals surface area contributed by atoms with Crippen LogP contribution in [0.1, 0.15) is 53.2 Å². The Morgan fingerprint density at radius 1 is 1.29 bits per heavy atom. The lowest BCUT2D eigenvalue weighted by molar-refractivity contribution is 0.122. The number of aliphatic hydroxyl groups excluding tert-OH is 1. The molecule has 0 atom stereocenters. The normalized spacial score (nSPS) is 21.9. The second-order valence-corrected chi connectivity index (χ2v) is 6.69. The minimum atomic E-state index is -0.166. The van der Waals surface area contributed by atoms with Crippen molar-refractivity contribution in [3.8, 4) is 6.07 Å². The molecule has 1 aliphatic rings. The van der Waals surface area contributed by atoms with E-state index in [1.165, 1.54) is 10.4 Å². The van der Waals surface area contributed by atoms with Crippen molar-refractivity contribution >= 4 is 11.3 Å². The number of aliphatic hydroxyl groups is 1. The van der Waals surface area contributed by atoms with Crippen molar-refractivity contribution in [3.05, 3.63) is 57.3 Å². The van der Waals surface area contributed by atoms with Crippen molar-refractivity contribution in [2.75, 3.05) is 0 Å². The van der Waals surface area contributed by atoms with E-state index in [0.717, 1.165) is 43.2 Å². The maximum atomic E-state index is 9.71. The first-order valence-corrected chi connectivity index (χ1v) is 8.30. The van der Waals surface area contributed by atoms with Crippen LogP contribution in [0.2, 0.25) is 0 Å². The molecule has 2 aromatic rings. The highest BCUT2D eigenvalue weighted by molar-refractivity contribution is 7.09. The Kier molecular flexibility index (Phi) is 4.38. The molecule has 0 spiro atoms. The predicted octanol–water partition coefficient (Wildman–Crippen LogP) is 4.03. The van der Waals surface area contributed by atoms with Gasteiger partial charge in [0.25, 0.3) is 0 Å². The van der Waals surface area contributed by atoms with Gasteiger partial charge in [0.15, 0.2) is 0 Å². The van der Waals surface area contributed by atoms with E-state index in [1.54, 1.807) is 11.3 Å². The molecule has 0 amide bonds. The fourth-order valence-corrected chi connectivity index (χ4v) is 3.93. The van der Waals surface area contributed by atoms with Crippen molar-refractivity contribution in [2.45, 2.75) is 44.1 Å². The molecular weight excluding hydrogens is 278 g/mol. The number of hydrogen-bond acceptors (Lipinski definition) is 3. The number of nitriles is 1. The SMILES string of the molecule is N#Cc1cc[c]c(Cc2cccs2)c1C1CCC(O)CC1. The van der Waals surface area contributed by atoms with Crippen LogP contribution in [0.3, 0.4) is 0 Å². The van der Waals surface area contributed by atoms with E-state index >= 15 is 0 Å². The molecule has 0 bridgehead atoms. The van der Waals surface area contributed by atoms with Crippen molar-refractivity contribution in [2.24, 2.45) is 0 Å². The molecule has 1 saturated carbocycles. The molecule has 0 unspecified atom stereocenters. The first kappa shape index (κ1) is 14.3. The van der Waals surface area contributed by atoms with Crippen LogP contribution >= 0.6 is 11.3 Å². The lowest BCUT2D eigenvalue weighted by atomic mass is 9.78. The highest BCUT2D eigenvalue weighted by atomic mass is 32.1. The number of benzene rings is 1. The highest BCUT2D eigenvalue weighted by Gasteiger charge is 2.25. The van der Waals surface area contributed by atoms with Crippen LogP contribution in [-0.4, -0.2) is 11.2 Å². The molecule has 1 N–H and O–H groups in total. The average molecular weight is 296 g/mol. The van der Waals surface area contributed by atoms with Gasteiger partial charge in [0.2, 0.25) is 0 Å². The van der Waals surface area contributed by atoms with E-state index in [1.807, 2.05) is 12.1 Å². The smallest absolute Gasteiger partial charge is 0.0994 e. The fourth-order valence-electron chi connectivity index (χ4n) is 3.22. The summed E-state index contributed by atoms with van der Waals surface area (Å²) < 4.78 is 0. The van der Waals surface area contributed by atoms with Gasteiger partial charge in [-0.3, -0.25) is 0 Å². The monoisotopic (exact) mass is 296 g/mol. The van der Waals surface area contributed by atoms with E-state index in [0.29, 0.717) is 5.92 Å². The molecule has 0 aliphatic heterocycles. The Balaban J connectivity index is 1.94. The van der Waals surface area contributed by atoms with Gasteiger partial charge in [-0.25, -0.2) is 0 Å². The van der Waals surface area contributed by atoms with Gasteiger partial charge in [-0.15, -0.1) is 11.3 Å². The van der Waals surface area contributed by atoms with E-state index in [9.17, 15) is 10.4 Å². The Bertz CT molecular complexity index is 634. The van der Waals surface area contributed by atoms with Crippen LogP contribution in [0.15, 0.2) is 29.6 Å². The minimum absolute atomic E-state index is 0.166. The number of hydrogen-bond donors (Lipinski definition) is 1. The fraction of sp³-hybridized carbons (Fsp3) is 0.389. The zero-order valence-electron chi connectivity index (χ0n) is 11.9. The molecule has 0 saturated heterocycles. The second kappa shape index (κ2) is 6.43. The van der Waals surface area contributed by atoms with Crippen LogP contribution in [0.4, 0.5) is 0 Å². The summed E-state index contributed by atoms with van der Waals surface area (Å²) in [4.78, 5) is 1.30. The quantitative estimate of drug-likeness (QED) is 0.929. The van der Waals surface area contributed by atoms with Gasteiger partial charge in [0, 0.05) is 11.3 Å². The topological polar surface area (TPSA) is 44.0 Å². The number of nitrogens with zero attached hydrogens (tertiary/aromatic N) is 1. The summed E-state index contributed by atoms with van der Waals surface area (Å²) in [7, 11) is 0. The van der Waals surface area contributed by atoms with Gasteiger partial charge in [-0.05, 0) is 66.3 Å². The largest absolute Gasteiger partial charge is 0.393 e. The number of rotatable bonds is 3. The summed E-state index contributed by atoms with van der Waals surface area (Å²) in [6.07, 6.45) is 4.28. The summed E-state index contributed by atoms with van der Waals surface area (Å²) in [5.74, 6) is 0.385. The van der Waals surface area contributed by atoms with Gasteiger partial charge in [-0.1, -0.05) is 12.1 Å². The van der Waals surface area contributed by atoms with E-state index in [2.05, 4.69) is 29.6 Å². The zero-order valence-corrected chi connectivity index (χ0v) is 12.7. The van der Waals surface area contributed by atoms with E-state index in [-0.39, 0.29) is 6.10 Å². The van der Waals surface area contributed by atoms with Crippen LogP contribution in [0, 0.1) is 17.4 Å². The van der Waals surface area contributed by atoms with Gasteiger partial charge in [0.1, 0.15) is 0 Å². The Morgan fingerprint density at radius 3 is 2.76 bits per heavy atom. The third-order valence-corrected chi connectivity index (χ3v) is 5.16. The van der Waals surface area contributed by atoms with Crippen molar-refractivity contribution < 1.29 is 5.11 Å². The summed E-state index contributed by atoms with van der Waals surface area (Å²) in [5, 5.41) is 21.2. The first-order chi connectivity index (χ1) is 10.3. The molecular formula is C18H18NOS. The Morgan fingerprint density at radius 2 is 2.10 bits per heavy atom. The molecule has 1 aromatic carbocycles. The zero-order chi connectivity index (χ0) is 14.7. The van der Waals surface area contributed by atoms with Gasteiger partial charge >= 0.3 is 0 Å². The van der Waals surface area contributed by atoms with Crippen LogP contribution in [0.25, 0.3) is 0 Å². The summed E-state index contributed by atoms with van der Waals surface area (Å²) in [6.45, 7) is 0. The lowest BCUT2D eigenvalue weighted by Gasteiger charge is -2.28. The summed E-state index contributed by atoms with van der Waals surface area (Å²) in [6, 6.07) is 13.6. The van der Waals surface area contributed by atoms with Gasteiger partial charge in [0.05, 0.1) is 17.7 Å². The maximum absolute atomic E-state index is 9.71. The molecule has 107 valence electrons. The molecule has 1 aromatic heterocycles. The predicted molar refractivity (Wildman–Crippen MR) is 84.3 cm³/mol. The third-order valence-electron chi connectivity index (χ3n) is 4.28. The van der Waals surface area contributed by atoms with Crippen molar-refractivity contribution in [1.29, 1.82) is 5.26 Å². The van der Waals surface area contributed by atoms with Crippen LogP contribution in [0.5, 0.6) is 0 Å². The number of thiophene rings is 1. The van der Waals surface area contributed by atoms with Crippen molar-refractivity contribution in [3.63, 3.8) is 0 Å². The Hall–Kier alpha value is -1.63. The van der Waals surface area contributed by atoms with Crippen molar-refractivity contribution in [1.82, 2.24) is 0 Å². The molecule has 1 aliphatic carbocycles. The molecule has 21 heavy (non-hydrogen) atoms. The van der Waals surface area contributed by atoms with E-state index in [4.69, 9.17) is 0 Å².